The Bertz CT molecular complexity index is 1550. The predicted molar refractivity (Wildman–Crippen MR) is 335 cm³/mol. The molecule has 78 heavy (non-hydrogen) atoms. The molecule has 0 aromatic carbocycles. The zero-order valence-electron chi connectivity index (χ0n) is 51.6. The van der Waals surface area contributed by atoms with Crippen molar-refractivity contribution in [2.24, 2.45) is 0 Å². The SMILES string of the molecule is CC/C=C\C/C=C\C/C=C\C/C=C\CCCCCCCCCCCCCCC(=O)OC(COC(=O)CCCCCCCCCCCCCCCCCCC/C=C\C/C=C\CCCCCCC)COP(=O)(O)OCC[N+](C)(C)C. The van der Waals surface area contributed by atoms with Crippen LogP contribution in [0.4, 0.5) is 0 Å². The Morgan fingerprint density at radius 3 is 1.09 bits per heavy atom. The lowest BCUT2D eigenvalue weighted by molar-refractivity contribution is -0.870. The summed E-state index contributed by atoms with van der Waals surface area (Å²) in [6.07, 6.45) is 78.4. The summed E-state index contributed by atoms with van der Waals surface area (Å²) >= 11 is 0. The van der Waals surface area contributed by atoms with Gasteiger partial charge in [-0.1, -0.05) is 273 Å². The minimum absolute atomic E-state index is 0.0303. The highest BCUT2D eigenvalue weighted by Gasteiger charge is 2.27. The van der Waals surface area contributed by atoms with E-state index in [0.29, 0.717) is 17.4 Å². The number of hydrogen-bond donors (Lipinski definition) is 1. The first-order valence-electron chi connectivity index (χ1n) is 32.7. The molecule has 0 aromatic rings. The molecule has 2 unspecified atom stereocenters. The maximum Gasteiger partial charge on any atom is 0.472 e. The molecule has 454 valence electrons. The highest BCUT2D eigenvalue weighted by Crippen LogP contribution is 2.43. The first-order valence-corrected chi connectivity index (χ1v) is 34.2. The van der Waals surface area contributed by atoms with Gasteiger partial charge in [0.15, 0.2) is 6.10 Å². The number of carbonyl (C=O) groups is 2. The second kappa shape index (κ2) is 59.1. The summed E-state index contributed by atoms with van der Waals surface area (Å²) in [7, 11) is 1.48. The molecule has 9 nitrogen and oxygen atoms in total. The van der Waals surface area contributed by atoms with E-state index in [4.69, 9.17) is 18.5 Å². The number of phosphoric ester groups is 1. The molecular weight excluding hydrogens is 990 g/mol. The normalized spacial score (nSPS) is 13.7. The van der Waals surface area contributed by atoms with Gasteiger partial charge in [-0.15, -0.1) is 0 Å². The molecule has 0 amide bonds. The fourth-order valence-corrected chi connectivity index (χ4v) is 9.96. The lowest BCUT2D eigenvalue weighted by atomic mass is 10.0. The van der Waals surface area contributed by atoms with E-state index in [1.807, 2.05) is 21.1 Å². The molecule has 0 spiro atoms. The van der Waals surface area contributed by atoms with Gasteiger partial charge in [-0.2, -0.15) is 0 Å². The topological polar surface area (TPSA) is 108 Å². The van der Waals surface area contributed by atoms with Gasteiger partial charge < -0.3 is 18.9 Å². The van der Waals surface area contributed by atoms with Gasteiger partial charge in [-0.25, -0.2) is 4.57 Å². The Kier molecular flexibility index (Phi) is 57.2. The lowest BCUT2D eigenvalue weighted by Gasteiger charge is -2.24. The molecule has 10 heteroatoms. The molecule has 2 atom stereocenters. The van der Waals surface area contributed by atoms with Crippen LogP contribution >= 0.6 is 7.82 Å². The molecule has 1 N–H and O–H groups in total. The van der Waals surface area contributed by atoms with Crippen LogP contribution in [0.5, 0.6) is 0 Å². The van der Waals surface area contributed by atoms with Crippen LogP contribution in [0.2, 0.25) is 0 Å². The summed E-state index contributed by atoms with van der Waals surface area (Å²) in [5, 5.41) is 0. The largest absolute Gasteiger partial charge is 0.472 e. The third-order valence-electron chi connectivity index (χ3n) is 14.2. The number of ether oxygens (including phenoxy) is 2. The minimum Gasteiger partial charge on any atom is -0.462 e. The number of hydrogen-bond acceptors (Lipinski definition) is 7. The molecule has 0 saturated carbocycles. The van der Waals surface area contributed by atoms with Gasteiger partial charge in [0.25, 0.3) is 0 Å². The number of unbranched alkanes of at least 4 members (excludes halogenated alkanes) is 34. The quantitative estimate of drug-likeness (QED) is 0.0211. The number of quaternary nitrogens is 1. The van der Waals surface area contributed by atoms with Crippen LogP contribution in [-0.2, 0) is 32.7 Å². The van der Waals surface area contributed by atoms with Crippen LogP contribution in [0, 0.1) is 0 Å². The average Bonchev–Trinajstić information content (AvgIpc) is 3.40. The van der Waals surface area contributed by atoms with Crippen molar-refractivity contribution < 1.29 is 42.1 Å². The first kappa shape index (κ1) is 75.5. The van der Waals surface area contributed by atoms with Crippen molar-refractivity contribution in [3.05, 3.63) is 72.9 Å². The van der Waals surface area contributed by atoms with E-state index in [9.17, 15) is 19.0 Å². The maximum absolute atomic E-state index is 12.9. The summed E-state index contributed by atoms with van der Waals surface area (Å²) in [6, 6.07) is 0. The van der Waals surface area contributed by atoms with Crippen LogP contribution in [0.25, 0.3) is 0 Å². The van der Waals surface area contributed by atoms with E-state index >= 15 is 0 Å². The van der Waals surface area contributed by atoms with Crippen molar-refractivity contribution in [2.75, 3.05) is 47.5 Å². The van der Waals surface area contributed by atoms with E-state index < -0.39 is 26.5 Å². The number of esters is 2. The third kappa shape index (κ3) is 62.6. The van der Waals surface area contributed by atoms with Crippen molar-refractivity contribution in [3.8, 4) is 0 Å². The van der Waals surface area contributed by atoms with Gasteiger partial charge in [0.2, 0.25) is 0 Å². The Morgan fingerprint density at radius 2 is 0.731 bits per heavy atom. The number of nitrogens with zero attached hydrogens (tertiary/aromatic N) is 1. The molecule has 0 aliphatic carbocycles. The van der Waals surface area contributed by atoms with Gasteiger partial charge in [0, 0.05) is 12.8 Å². The second-order valence-electron chi connectivity index (χ2n) is 23.1. The van der Waals surface area contributed by atoms with Crippen molar-refractivity contribution in [1.29, 1.82) is 0 Å². The molecule has 0 fully saturated rings. The molecule has 0 aromatic heterocycles. The smallest absolute Gasteiger partial charge is 0.462 e. The average molecular weight is 1120 g/mol. The first-order chi connectivity index (χ1) is 38.0. The fourth-order valence-electron chi connectivity index (χ4n) is 9.22. The van der Waals surface area contributed by atoms with Gasteiger partial charge >= 0.3 is 19.8 Å². The van der Waals surface area contributed by atoms with E-state index in [0.717, 1.165) is 70.6 Å². The van der Waals surface area contributed by atoms with E-state index in [2.05, 4.69) is 86.8 Å². The Morgan fingerprint density at radius 1 is 0.410 bits per heavy atom. The number of allylic oxidation sites excluding steroid dienone is 12. The van der Waals surface area contributed by atoms with E-state index in [1.165, 1.54) is 193 Å². The van der Waals surface area contributed by atoms with Crippen LogP contribution in [0.15, 0.2) is 72.9 Å². The summed E-state index contributed by atoms with van der Waals surface area (Å²) in [5.41, 5.74) is 0. The molecular formula is C68H125NO8P+. The van der Waals surface area contributed by atoms with E-state index in [-0.39, 0.29) is 32.0 Å². The molecule has 0 heterocycles. The summed E-state index contributed by atoms with van der Waals surface area (Å²) in [5.74, 6) is -0.790. The summed E-state index contributed by atoms with van der Waals surface area (Å²) < 4.78 is 34.7. The van der Waals surface area contributed by atoms with Gasteiger partial charge in [0.05, 0.1) is 27.7 Å². The molecule has 0 aliphatic heterocycles. The lowest BCUT2D eigenvalue weighted by Crippen LogP contribution is -2.37. The van der Waals surface area contributed by atoms with Gasteiger partial charge in [-0.3, -0.25) is 18.6 Å². The molecule has 0 rings (SSSR count). The molecule has 0 bridgehead atoms. The second-order valence-corrected chi connectivity index (χ2v) is 24.6. The van der Waals surface area contributed by atoms with Crippen molar-refractivity contribution in [1.82, 2.24) is 0 Å². The number of rotatable bonds is 60. The van der Waals surface area contributed by atoms with Gasteiger partial charge in [-0.05, 0) is 83.5 Å². The predicted octanol–water partition coefficient (Wildman–Crippen LogP) is 20.8. The summed E-state index contributed by atoms with van der Waals surface area (Å²) in [6.45, 7) is 4.34. The molecule has 0 aliphatic rings. The highest BCUT2D eigenvalue weighted by atomic mass is 31.2. The monoisotopic (exact) mass is 1110 g/mol. The number of carbonyl (C=O) groups excluding carboxylic acids is 2. The van der Waals surface area contributed by atoms with Crippen molar-refractivity contribution >= 4 is 19.8 Å². The van der Waals surface area contributed by atoms with Crippen molar-refractivity contribution in [3.63, 3.8) is 0 Å². The number of likely N-dealkylation sites (N-methyl/N-ethyl adjacent to an activating group) is 1. The zero-order valence-corrected chi connectivity index (χ0v) is 52.5. The van der Waals surface area contributed by atoms with Crippen molar-refractivity contribution in [2.45, 2.75) is 302 Å². The third-order valence-corrected chi connectivity index (χ3v) is 15.2. The highest BCUT2D eigenvalue weighted by molar-refractivity contribution is 7.47. The molecule has 0 radical (unpaired) electrons. The Balaban J connectivity index is 4.07. The maximum atomic E-state index is 12.9. The number of phosphoric acid groups is 1. The van der Waals surface area contributed by atoms with Crippen LogP contribution < -0.4 is 0 Å². The Labute approximate surface area is 482 Å². The molecule has 0 saturated heterocycles. The van der Waals surface area contributed by atoms with E-state index in [1.54, 1.807) is 0 Å². The summed E-state index contributed by atoms with van der Waals surface area (Å²) in [4.78, 5) is 35.8. The van der Waals surface area contributed by atoms with Gasteiger partial charge in [0.1, 0.15) is 19.8 Å². The van der Waals surface area contributed by atoms with Crippen LogP contribution in [0.3, 0.4) is 0 Å². The van der Waals surface area contributed by atoms with Crippen LogP contribution in [-0.4, -0.2) is 74.9 Å². The fraction of sp³-hybridized carbons (Fsp3) is 0.794. The zero-order chi connectivity index (χ0) is 57.0. The standard InChI is InChI=1S/C68H124NO8P/c1-6-8-10-12-14-16-18-20-22-24-26-28-30-32-33-34-35-37-38-40-42-44-46-48-50-52-54-56-58-60-67(70)74-64-66(65-76-78(72,73)75-63-62-69(3,4)5)77-68(71)61-59-57-55-53-51-49-47-45-43-41-39-36-31-29-27-25-23-21-19-17-15-13-11-9-7-2/h9,11,15,17-18,20-21,23-24,26-27,29,66H,6-8,10,12-14,16,19,22,25,28,30-65H2,1-5H3/p+1/b11-9-,17-15-,20-18-,23-21-,26-24-,29-27-. The Hall–Kier alpha value is -2.55. The van der Waals surface area contributed by atoms with Crippen LogP contribution in [0.1, 0.15) is 296 Å². The minimum atomic E-state index is -4.39.